The Balaban J connectivity index is 1.78. The first-order valence-corrected chi connectivity index (χ1v) is 7.67. The molecule has 0 aromatic heterocycles. The van der Waals surface area contributed by atoms with Gasteiger partial charge in [0.2, 0.25) is 0 Å². The van der Waals surface area contributed by atoms with E-state index in [1.807, 2.05) is 12.1 Å². The summed E-state index contributed by atoms with van der Waals surface area (Å²) in [6.07, 6.45) is 5.28. The standard InChI is InChI=1S/C15H21ClN2O2/c16-12-7-10-4-6-20-15(10)11(8-12)9-13(18-17)14-3-1-2-5-19-14/h7-8,13-14,18H,1-6,9,17H2. The van der Waals surface area contributed by atoms with E-state index >= 15 is 0 Å². The Hall–Kier alpha value is -0.810. The van der Waals surface area contributed by atoms with Gasteiger partial charge in [-0.3, -0.25) is 11.3 Å². The third kappa shape index (κ3) is 2.93. The Bertz CT molecular complexity index is 475. The van der Waals surface area contributed by atoms with Gasteiger partial charge in [-0.15, -0.1) is 0 Å². The summed E-state index contributed by atoms with van der Waals surface area (Å²) in [4.78, 5) is 0. The number of hydrogen-bond donors (Lipinski definition) is 2. The van der Waals surface area contributed by atoms with Gasteiger partial charge in [0.05, 0.1) is 18.8 Å². The smallest absolute Gasteiger partial charge is 0.125 e. The second-order valence-electron chi connectivity index (χ2n) is 5.53. The van der Waals surface area contributed by atoms with Gasteiger partial charge in [0, 0.05) is 18.1 Å². The van der Waals surface area contributed by atoms with Crippen LogP contribution in [0.3, 0.4) is 0 Å². The van der Waals surface area contributed by atoms with Crippen LogP contribution in [0.5, 0.6) is 5.75 Å². The lowest BCUT2D eigenvalue weighted by atomic mass is 9.95. The molecule has 2 aliphatic rings. The Morgan fingerprint density at radius 3 is 3.00 bits per heavy atom. The van der Waals surface area contributed by atoms with Crippen molar-refractivity contribution in [2.45, 2.75) is 44.2 Å². The number of ether oxygens (including phenoxy) is 2. The zero-order valence-corrected chi connectivity index (χ0v) is 12.3. The van der Waals surface area contributed by atoms with Crippen LogP contribution < -0.4 is 16.0 Å². The minimum Gasteiger partial charge on any atom is -0.493 e. The molecule has 2 unspecified atom stereocenters. The molecule has 20 heavy (non-hydrogen) atoms. The number of nitrogens with two attached hydrogens (primary N) is 1. The van der Waals surface area contributed by atoms with E-state index in [4.69, 9.17) is 26.9 Å². The Kier molecular flexibility index (Phi) is 4.46. The van der Waals surface area contributed by atoms with Gasteiger partial charge in [0.1, 0.15) is 5.75 Å². The average Bonchev–Trinajstić information content (AvgIpc) is 2.93. The lowest BCUT2D eigenvalue weighted by Gasteiger charge is -2.30. The molecule has 2 aliphatic heterocycles. The molecule has 110 valence electrons. The summed E-state index contributed by atoms with van der Waals surface area (Å²) in [5.41, 5.74) is 5.24. The van der Waals surface area contributed by atoms with Crippen molar-refractivity contribution in [3.05, 3.63) is 28.3 Å². The second-order valence-corrected chi connectivity index (χ2v) is 5.97. The molecule has 0 spiro atoms. The number of hydrogen-bond acceptors (Lipinski definition) is 4. The summed E-state index contributed by atoms with van der Waals surface area (Å²) in [5, 5.41) is 0.768. The van der Waals surface area contributed by atoms with Crippen LogP contribution in [0.2, 0.25) is 5.02 Å². The molecule has 0 aliphatic carbocycles. The van der Waals surface area contributed by atoms with Crippen molar-refractivity contribution in [3.63, 3.8) is 0 Å². The summed E-state index contributed by atoms with van der Waals surface area (Å²) in [6, 6.07) is 4.08. The van der Waals surface area contributed by atoms with E-state index in [0.29, 0.717) is 0 Å². The molecule has 0 saturated carbocycles. The summed E-state index contributed by atoms with van der Waals surface area (Å²) in [6.45, 7) is 1.57. The van der Waals surface area contributed by atoms with Crippen molar-refractivity contribution >= 4 is 11.6 Å². The molecule has 4 nitrogen and oxygen atoms in total. The van der Waals surface area contributed by atoms with Crippen molar-refractivity contribution in [3.8, 4) is 5.75 Å². The normalized spacial score (nSPS) is 23.2. The van der Waals surface area contributed by atoms with Gasteiger partial charge in [-0.2, -0.15) is 0 Å². The minimum atomic E-state index is 0.0991. The molecule has 0 amide bonds. The maximum absolute atomic E-state index is 6.20. The van der Waals surface area contributed by atoms with Crippen LogP contribution >= 0.6 is 11.6 Å². The fraction of sp³-hybridized carbons (Fsp3) is 0.600. The third-order valence-corrected chi connectivity index (χ3v) is 4.36. The first kappa shape index (κ1) is 14.1. The van der Waals surface area contributed by atoms with E-state index in [0.717, 1.165) is 55.2 Å². The number of rotatable bonds is 4. The number of nitrogens with one attached hydrogen (secondary N) is 1. The Labute approximate surface area is 124 Å². The van der Waals surface area contributed by atoms with Gasteiger partial charge in [-0.05, 0) is 48.9 Å². The molecule has 1 aromatic rings. The Morgan fingerprint density at radius 2 is 2.25 bits per heavy atom. The van der Waals surface area contributed by atoms with Crippen molar-refractivity contribution < 1.29 is 9.47 Å². The van der Waals surface area contributed by atoms with Crippen molar-refractivity contribution in [1.29, 1.82) is 0 Å². The fourth-order valence-electron chi connectivity index (χ4n) is 3.12. The van der Waals surface area contributed by atoms with Crippen LogP contribution in [0, 0.1) is 0 Å². The van der Waals surface area contributed by atoms with Gasteiger partial charge >= 0.3 is 0 Å². The fourth-order valence-corrected chi connectivity index (χ4v) is 3.38. The zero-order chi connectivity index (χ0) is 13.9. The van der Waals surface area contributed by atoms with Gasteiger partial charge < -0.3 is 9.47 Å². The van der Waals surface area contributed by atoms with E-state index in [1.165, 1.54) is 12.0 Å². The van der Waals surface area contributed by atoms with Gasteiger partial charge in [0.15, 0.2) is 0 Å². The third-order valence-electron chi connectivity index (χ3n) is 4.14. The highest BCUT2D eigenvalue weighted by Crippen LogP contribution is 2.34. The van der Waals surface area contributed by atoms with Crippen molar-refractivity contribution in [1.82, 2.24) is 5.43 Å². The van der Waals surface area contributed by atoms with E-state index < -0.39 is 0 Å². The molecule has 3 N–H and O–H groups in total. The maximum Gasteiger partial charge on any atom is 0.125 e. The molecule has 2 atom stereocenters. The lowest BCUT2D eigenvalue weighted by molar-refractivity contribution is -0.00752. The van der Waals surface area contributed by atoms with Crippen LogP contribution in [0.4, 0.5) is 0 Å². The number of fused-ring (bicyclic) bond motifs is 1. The van der Waals surface area contributed by atoms with Crippen molar-refractivity contribution in [2.24, 2.45) is 5.84 Å². The second kappa shape index (κ2) is 6.31. The number of hydrazine groups is 1. The lowest BCUT2D eigenvalue weighted by Crippen LogP contribution is -2.47. The van der Waals surface area contributed by atoms with Crippen LogP contribution in [0.1, 0.15) is 30.4 Å². The first-order valence-electron chi connectivity index (χ1n) is 7.30. The van der Waals surface area contributed by atoms with Gasteiger partial charge in [0.25, 0.3) is 0 Å². The molecule has 3 rings (SSSR count). The number of benzene rings is 1. The predicted octanol–water partition coefficient (Wildman–Crippen LogP) is 2.22. The van der Waals surface area contributed by atoms with E-state index in [9.17, 15) is 0 Å². The molecule has 1 fully saturated rings. The molecule has 5 heteroatoms. The molecule has 1 saturated heterocycles. The van der Waals surface area contributed by atoms with Crippen LogP contribution in [-0.2, 0) is 17.6 Å². The summed E-state index contributed by atoms with van der Waals surface area (Å²) >= 11 is 6.20. The highest BCUT2D eigenvalue weighted by Gasteiger charge is 2.26. The minimum absolute atomic E-state index is 0.0991. The molecule has 0 bridgehead atoms. The Morgan fingerprint density at radius 1 is 1.35 bits per heavy atom. The summed E-state index contributed by atoms with van der Waals surface area (Å²) < 4.78 is 11.6. The van der Waals surface area contributed by atoms with Crippen molar-refractivity contribution in [2.75, 3.05) is 13.2 Å². The van der Waals surface area contributed by atoms with Crippen LogP contribution in [-0.4, -0.2) is 25.4 Å². The highest BCUT2D eigenvalue weighted by atomic mass is 35.5. The van der Waals surface area contributed by atoms with Gasteiger partial charge in [-0.25, -0.2) is 0 Å². The zero-order valence-electron chi connectivity index (χ0n) is 11.5. The predicted molar refractivity (Wildman–Crippen MR) is 79.1 cm³/mol. The molecular weight excluding hydrogens is 276 g/mol. The quantitative estimate of drug-likeness (QED) is 0.661. The maximum atomic E-state index is 6.20. The molecule has 1 aromatic carbocycles. The first-order chi connectivity index (χ1) is 9.78. The van der Waals surface area contributed by atoms with Crippen LogP contribution in [0.25, 0.3) is 0 Å². The highest BCUT2D eigenvalue weighted by molar-refractivity contribution is 6.30. The van der Waals surface area contributed by atoms with Crippen LogP contribution in [0.15, 0.2) is 12.1 Å². The molecule has 2 heterocycles. The molecular formula is C15H21ClN2O2. The largest absolute Gasteiger partial charge is 0.493 e. The summed E-state index contributed by atoms with van der Waals surface area (Å²) in [5.74, 6) is 6.72. The topological polar surface area (TPSA) is 56.5 Å². The monoisotopic (exact) mass is 296 g/mol. The van der Waals surface area contributed by atoms with E-state index in [-0.39, 0.29) is 12.1 Å². The number of halogens is 1. The summed E-state index contributed by atoms with van der Waals surface area (Å²) in [7, 11) is 0. The van der Waals surface area contributed by atoms with E-state index in [1.54, 1.807) is 0 Å². The SMILES string of the molecule is NNC(Cc1cc(Cl)cc2c1OCC2)C1CCCCO1. The molecule has 0 radical (unpaired) electrons. The van der Waals surface area contributed by atoms with E-state index in [2.05, 4.69) is 5.43 Å². The van der Waals surface area contributed by atoms with Gasteiger partial charge in [-0.1, -0.05) is 11.6 Å². The average molecular weight is 297 g/mol.